The second-order valence-electron chi connectivity index (χ2n) is 5.10. The maximum absolute atomic E-state index is 11.4. The number of piperidine rings is 3. The summed E-state index contributed by atoms with van der Waals surface area (Å²) in [5.41, 5.74) is -0.0822. The van der Waals surface area contributed by atoms with Crippen LogP contribution in [0.1, 0.15) is 18.7 Å². The first-order valence-electron chi connectivity index (χ1n) is 6.27. The Kier molecular flexibility index (Phi) is 2.63. The molecule has 4 heterocycles. The molecule has 0 spiro atoms. The molecule has 3 aliphatic heterocycles. The van der Waals surface area contributed by atoms with E-state index in [1.54, 1.807) is 6.07 Å². The van der Waals surface area contributed by atoms with Crippen LogP contribution in [-0.4, -0.2) is 40.5 Å². The van der Waals surface area contributed by atoms with Crippen molar-refractivity contribution in [3.05, 3.63) is 22.2 Å². The number of fused-ring (bicyclic) bond motifs is 3. The van der Waals surface area contributed by atoms with E-state index >= 15 is 0 Å². The molecular weight excluding hydrogens is 216 g/mol. The van der Waals surface area contributed by atoms with Crippen LogP contribution in [0.4, 0.5) is 5.82 Å². The minimum atomic E-state index is -0.0822. The number of H-pyrrole nitrogens is 1. The second-order valence-corrected chi connectivity index (χ2v) is 5.10. The molecule has 5 heteroatoms. The Bertz CT molecular complexity index is 462. The van der Waals surface area contributed by atoms with E-state index in [0.29, 0.717) is 17.7 Å². The summed E-state index contributed by atoms with van der Waals surface area (Å²) in [5.74, 6) is 2.12. The van der Waals surface area contributed by atoms with Crippen molar-refractivity contribution < 1.29 is 0 Å². The van der Waals surface area contributed by atoms with Crippen LogP contribution < -0.4 is 10.9 Å². The minimum Gasteiger partial charge on any atom is -0.366 e. The minimum absolute atomic E-state index is 0.0822. The molecule has 3 aliphatic rings. The molecule has 3 saturated heterocycles. The summed E-state index contributed by atoms with van der Waals surface area (Å²) >= 11 is 0. The van der Waals surface area contributed by atoms with Gasteiger partial charge in [-0.2, -0.15) is 0 Å². The summed E-state index contributed by atoms with van der Waals surface area (Å²) in [5, 5.41) is 3.42. The van der Waals surface area contributed by atoms with Crippen LogP contribution in [0.25, 0.3) is 0 Å². The van der Waals surface area contributed by atoms with Crippen molar-refractivity contribution in [1.82, 2.24) is 14.9 Å². The van der Waals surface area contributed by atoms with Gasteiger partial charge in [0, 0.05) is 18.7 Å². The van der Waals surface area contributed by atoms with E-state index in [2.05, 4.69) is 20.2 Å². The first-order valence-corrected chi connectivity index (χ1v) is 6.27. The fraction of sp³-hybridized carbons (Fsp3) is 0.667. The lowest BCUT2D eigenvalue weighted by molar-refractivity contribution is 0.0973. The highest BCUT2D eigenvalue weighted by Gasteiger charge is 2.34. The van der Waals surface area contributed by atoms with Crippen molar-refractivity contribution in [2.75, 3.05) is 25.0 Å². The number of hydrogen-bond donors (Lipinski definition) is 2. The Morgan fingerprint density at radius 1 is 1.47 bits per heavy atom. The molecule has 0 amide bonds. The largest absolute Gasteiger partial charge is 0.366 e. The summed E-state index contributed by atoms with van der Waals surface area (Å²) in [7, 11) is 0. The molecular formula is C12H18N4O. The number of aryl methyl sites for hydroxylation is 1. The van der Waals surface area contributed by atoms with E-state index in [4.69, 9.17) is 0 Å². The Labute approximate surface area is 100 Å². The van der Waals surface area contributed by atoms with Gasteiger partial charge in [-0.1, -0.05) is 0 Å². The number of anilines is 1. The third-order valence-electron chi connectivity index (χ3n) is 3.85. The summed E-state index contributed by atoms with van der Waals surface area (Å²) in [6.07, 6.45) is 2.53. The lowest BCUT2D eigenvalue weighted by Crippen LogP contribution is -2.53. The van der Waals surface area contributed by atoms with E-state index in [0.717, 1.165) is 12.5 Å². The molecule has 2 N–H and O–H groups in total. The van der Waals surface area contributed by atoms with Gasteiger partial charge in [-0.3, -0.25) is 4.79 Å². The highest BCUT2D eigenvalue weighted by molar-refractivity contribution is 5.35. The van der Waals surface area contributed by atoms with Gasteiger partial charge in [0.05, 0.1) is 0 Å². The van der Waals surface area contributed by atoms with Crippen LogP contribution in [0, 0.1) is 12.8 Å². The molecule has 17 heavy (non-hydrogen) atoms. The smallest absolute Gasteiger partial charge is 0.252 e. The van der Waals surface area contributed by atoms with Gasteiger partial charge in [0.25, 0.3) is 5.56 Å². The highest BCUT2D eigenvalue weighted by atomic mass is 16.1. The molecule has 92 valence electrons. The van der Waals surface area contributed by atoms with Gasteiger partial charge in [0.15, 0.2) is 0 Å². The van der Waals surface area contributed by atoms with Gasteiger partial charge in [-0.15, -0.1) is 0 Å². The molecule has 0 aliphatic carbocycles. The molecule has 0 aromatic carbocycles. The molecule has 1 aromatic rings. The maximum Gasteiger partial charge on any atom is 0.252 e. The van der Waals surface area contributed by atoms with Gasteiger partial charge >= 0.3 is 0 Å². The molecule has 0 radical (unpaired) electrons. The van der Waals surface area contributed by atoms with Crippen molar-refractivity contribution in [3.8, 4) is 0 Å². The fourth-order valence-electron chi connectivity index (χ4n) is 2.97. The van der Waals surface area contributed by atoms with Gasteiger partial charge in [-0.25, -0.2) is 4.98 Å². The van der Waals surface area contributed by atoms with Crippen LogP contribution in [-0.2, 0) is 0 Å². The van der Waals surface area contributed by atoms with Crippen molar-refractivity contribution in [1.29, 1.82) is 0 Å². The van der Waals surface area contributed by atoms with Crippen LogP contribution in [0.15, 0.2) is 10.9 Å². The normalized spacial score (nSPS) is 31.5. The van der Waals surface area contributed by atoms with Gasteiger partial charge in [0.2, 0.25) is 0 Å². The number of aromatic amines is 1. The molecule has 2 bridgehead atoms. The lowest BCUT2D eigenvalue weighted by Gasteiger charge is -2.45. The topological polar surface area (TPSA) is 61.0 Å². The lowest BCUT2D eigenvalue weighted by atomic mass is 9.84. The molecule has 1 atom stereocenters. The van der Waals surface area contributed by atoms with E-state index < -0.39 is 0 Å². The van der Waals surface area contributed by atoms with Crippen molar-refractivity contribution in [2.24, 2.45) is 5.92 Å². The monoisotopic (exact) mass is 234 g/mol. The molecule has 3 fully saturated rings. The Balaban J connectivity index is 1.76. The molecule has 5 nitrogen and oxygen atoms in total. The second kappa shape index (κ2) is 4.14. The average Bonchev–Trinajstić information content (AvgIpc) is 2.29. The van der Waals surface area contributed by atoms with E-state index in [-0.39, 0.29) is 5.56 Å². The van der Waals surface area contributed by atoms with Crippen LogP contribution in [0.3, 0.4) is 0 Å². The van der Waals surface area contributed by atoms with Crippen molar-refractivity contribution >= 4 is 5.82 Å². The first-order chi connectivity index (χ1) is 8.20. The quantitative estimate of drug-likeness (QED) is 0.786. The van der Waals surface area contributed by atoms with Gasteiger partial charge in [-0.05, 0) is 38.8 Å². The van der Waals surface area contributed by atoms with Gasteiger partial charge in [0.1, 0.15) is 11.6 Å². The zero-order valence-corrected chi connectivity index (χ0v) is 10.1. The third-order valence-corrected chi connectivity index (χ3v) is 3.85. The average molecular weight is 234 g/mol. The SMILES string of the molecule is Cc1nc(NC2CN3CCC2CC3)cc(=O)[nH]1. The van der Waals surface area contributed by atoms with Crippen LogP contribution >= 0.6 is 0 Å². The number of nitrogens with one attached hydrogen (secondary N) is 2. The summed E-state index contributed by atoms with van der Waals surface area (Å²) in [6, 6.07) is 2.00. The first kappa shape index (κ1) is 10.8. The van der Waals surface area contributed by atoms with Gasteiger partial charge < -0.3 is 15.2 Å². The standard InChI is InChI=1S/C12H18N4O/c1-8-13-11(6-12(17)14-8)15-10-7-16-4-2-9(10)3-5-16/h6,9-10H,2-5,7H2,1H3,(H2,13,14,15,17). The highest BCUT2D eigenvalue weighted by Crippen LogP contribution is 2.29. The summed E-state index contributed by atoms with van der Waals surface area (Å²) in [4.78, 5) is 20.8. The summed E-state index contributed by atoms with van der Waals surface area (Å²) < 4.78 is 0. The number of hydrogen-bond acceptors (Lipinski definition) is 4. The molecule has 0 saturated carbocycles. The molecule has 1 aromatic heterocycles. The summed E-state index contributed by atoms with van der Waals surface area (Å²) in [6.45, 7) is 5.34. The Hall–Kier alpha value is -1.36. The Morgan fingerprint density at radius 3 is 2.82 bits per heavy atom. The van der Waals surface area contributed by atoms with Crippen LogP contribution in [0.2, 0.25) is 0 Å². The third kappa shape index (κ3) is 2.20. The van der Waals surface area contributed by atoms with Crippen molar-refractivity contribution in [2.45, 2.75) is 25.8 Å². The Morgan fingerprint density at radius 2 is 2.24 bits per heavy atom. The number of aromatic nitrogens is 2. The molecule has 1 unspecified atom stereocenters. The zero-order chi connectivity index (χ0) is 11.8. The fourth-order valence-corrected chi connectivity index (χ4v) is 2.97. The number of nitrogens with zero attached hydrogens (tertiary/aromatic N) is 2. The van der Waals surface area contributed by atoms with Crippen molar-refractivity contribution in [3.63, 3.8) is 0 Å². The maximum atomic E-state index is 11.4. The number of rotatable bonds is 2. The van der Waals surface area contributed by atoms with E-state index in [1.807, 2.05) is 6.92 Å². The van der Waals surface area contributed by atoms with E-state index in [1.165, 1.54) is 25.9 Å². The van der Waals surface area contributed by atoms with E-state index in [9.17, 15) is 4.79 Å². The predicted molar refractivity (Wildman–Crippen MR) is 66.2 cm³/mol. The van der Waals surface area contributed by atoms with Crippen LogP contribution in [0.5, 0.6) is 0 Å². The molecule has 4 rings (SSSR count). The predicted octanol–water partition coefficient (Wildman–Crippen LogP) is 0.584. The zero-order valence-electron chi connectivity index (χ0n) is 10.1.